The molecule has 1 heterocycles. The molecule has 0 bridgehead atoms. The van der Waals surface area contributed by atoms with Crippen LogP contribution >= 0.6 is 11.8 Å². The van der Waals surface area contributed by atoms with E-state index in [9.17, 15) is 9.59 Å². The average molecular weight is 285 g/mol. The smallest absolute Gasteiger partial charge is 0.343 e. The summed E-state index contributed by atoms with van der Waals surface area (Å²) in [4.78, 5) is 30.7. The third-order valence-corrected chi connectivity index (χ3v) is 3.06. The van der Waals surface area contributed by atoms with Crippen molar-refractivity contribution < 1.29 is 19.1 Å². The van der Waals surface area contributed by atoms with Crippen molar-refractivity contribution in [1.82, 2.24) is 9.97 Å². The van der Waals surface area contributed by atoms with Gasteiger partial charge in [-0.05, 0) is 13.8 Å². The molecule has 1 rings (SSSR count). The van der Waals surface area contributed by atoms with Crippen molar-refractivity contribution in [1.29, 1.82) is 0 Å². The fraction of sp³-hybridized carbons (Fsp3) is 0.455. The molecule has 7 nitrogen and oxygen atoms in total. The van der Waals surface area contributed by atoms with Crippen molar-refractivity contribution in [2.24, 2.45) is 0 Å². The molecule has 0 amide bonds. The molecular weight excluding hydrogens is 270 g/mol. The molecule has 2 N–H and O–H groups in total. The summed E-state index contributed by atoms with van der Waals surface area (Å²) in [6.45, 7) is 3.60. The molecule has 0 saturated carbocycles. The van der Waals surface area contributed by atoms with Crippen LogP contribution in [0.3, 0.4) is 0 Å². The van der Waals surface area contributed by atoms with Crippen LogP contribution in [0.5, 0.6) is 0 Å². The maximum absolute atomic E-state index is 11.5. The second-order valence-corrected chi connectivity index (χ2v) is 4.76. The zero-order valence-electron chi connectivity index (χ0n) is 10.9. The zero-order valence-corrected chi connectivity index (χ0v) is 11.7. The summed E-state index contributed by atoms with van der Waals surface area (Å²) in [5.74, 6) is -0.938. The van der Waals surface area contributed by atoms with E-state index in [1.807, 2.05) is 0 Å². The van der Waals surface area contributed by atoms with E-state index >= 15 is 0 Å². The molecule has 0 aromatic carbocycles. The second kappa shape index (κ2) is 6.93. The molecule has 0 aliphatic heterocycles. The highest BCUT2D eigenvalue weighted by atomic mass is 32.2. The summed E-state index contributed by atoms with van der Waals surface area (Å²) in [5, 5.41) is -0.165. The van der Waals surface area contributed by atoms with Crippen molar-refractivity contribution in [3.8, 4) is 0 Å². The molecule has 0 aliphatic carbocycles. The van der Waals surface area contributed by atoms with Crippen molar-refractivity contribution in [3.63, 3.8) is 0 Å². The van der Waals surface area contributed by atoms with Crippen LogP contribution in [0.4, 0.5) is 5.82 Å². The molecule has 104 valence electrons. The fourth-order valence-electron chi connectivity index (χ4n) is 1.17. The number of rotatable bonds is 5. The number of nitrogens with two attached hydrogens (primary N) is 1. The summed E-state index contributed by atoms with van der Waals surface area (Å²) >= 11 is 1.10. The minimum atomic E-state index is -0.572. The van der Waals surface area contributed by atoms with Crippen molar-refractivity contribution >= 4 is 29.5 Å². The minimum Gasteiger partial charge on any atom is -0.468 e. The van der Waals surface area contributed by atoms with Crippen LogP contribution in [0.15, 0.2) is 11.4 Å². The average Bonchev–Trinajstić information content (AvgIpc) is 2.38. The predicted molar refractivity (Wildman–Crippen MR) is 69.7 cm³/mol. The van der Waals surface area contributed by atoms with Crippen LogP contribution < -0.4 is 5.73 Å². The predicted octanol–water partition coefficient (Wildman–Crippen LogP) is 0.889. The van der Waals surface area contributed by atoms with Gasteiger partial charge in [0.2, 0.25) is 0 Å². The Kier molecular flexibility index (Phi) is 5.56. The lowest BCUT2D eigenvalue weighted by molar-refractivity contribution is -0.139. The number of ether oxygens (including phenoxy) is 2. The molecule has 0 unspecified atom stereocenters. The monoisotopic (exact) mass is 285 g/mol. The van der Waals surface area contributed by atoms with Crippen LogP contribution in [0.1, 0.15) is 24.2 Å². The maximum Gasteiger partial charge on any atom is 0.343 e. The quantitative estimate of drug-likeness (QED) is 0.483. The number of carbonyl (C=O) groups excluding carboxylic acids is 2. The van der Waals surface area contributed by atoms with Gasteiger partial charge in [-0.15, -0.1) is 0 Å². The normalized spacial score (nSPS) is 11.7. The number of aromatic nitrogens is 2. The Labute approximate surface area is 114 Å². The lowest BCUT2D eigenvalue weighted by atomic mass is 10.3. The fourth-order valence-corrected chi connectivity index (χ4v) is 1.95. The van der Waals surface area contributed by atoms with Crippen LogP contribution in [-0.4, -0.2) is 40.9 Å². The molecule has 8 heteroatoms. The van der Waals surface area contributed by atoms with Crippen LogP contribution in [-0.2, 0) is 14.3 Å². The molecular formula is C11H15N3O4S. The van der Waals surface area contributed by atoms with Gasteiger partial charge in [0.15, 0.2) is 5.16 Å². The molecule has 0 fully saturated rings. The van der Waals surface area contributed by atoms with E-state index in [0.29, 0.717) is 5.16 Å². The van der Waals surface area contributed by atoms with E-state index in [4.69, 9.17) is 10.5 Å². The van der Waals surface area contributed by atoms with Gasteiger partial charge in [0.25, 0.3) is 0 Å². The number of thioether (sulfide) groups is 1. The largest absolute Gasteiger partial charge is 0.468 e. The van der Waals surface area contributed by atoms with Crippen LogP contribution in [0.2, 0.25) is 0 Å². The minimum absolute atomic E-state index is 0.0213. The molecule has 0 aliphatic rings. The number of anilines is 1. The first-order valence-electron chi connectivity index (χ1n) is 5.53. The third-order valence-electron chi connectivity index (χ3n) is 2.11. The van der Waals surface area contributed by atoms with Gasteiger partial charge in [0, 0.05) is 6.20 Å². The first-order valence-corrected chi connectivity index (χ1v) is 6.41. The van der Waals surface area contributed by atoms with E-state index < -0.39 is 11.2 Å². The molecule has 1 atom stereocenters. The molecule has 1 aromatic rings. The summed E-state index contributed by atoms with van der Waals surface area (Å²) < 4.78 is 9.39. The lowest BCUT2D eigenvalue weighted by Crippen LogP contribution is -2.16. The number of methoxy groups -OCH3 is 1. The summed E-state index contributed by atoms with van der Waals surface area (Å²) in [6.07, 6.45) is 1.28. The SMILES string of the molecule is CCOC(=O)c1cnc(S[C@H](C)C(=O)OC)nc1N. The number of esters is 2. The number of nitrogens with zero attached hydrogens (tertiary/aromatic N) is 2. The Balaban J connectivity index is 2.82. The highest BCUT2D eigenvalue weighted by Gasteiger charge is 2.18. The van der Waals surface area contributed by atoms with Crippen molar-refractivity contribution in [2.75, 3.05) is 19.5 Å². The number of carbonyl (C=O) groups is 2. The third kappa shape index (κ3) is 4.09. The van der Waals surface area contributed by atoms with E-state index in [1.165, 1.54) is 13.3 Å². The van der Waals surface area contributed by atoms with Crippen molar-refractivity contribution in [2.45, 2.75) is 24.3 Å². The number of hydrogen-bond acceptors (Lipinski definition) is 8. The Bertz CT molecular complexity index is 481. The lowest BCUT2D eigenvalue weighted by Gasteiger charge is -2.09. The van der Waals surface area contributed by atoms with Gasteiger partial charge in [-0.1, -0.05) is 11.8 Å². The van der Waals surface area contributed by atoms with Gasteiger partial charge < -0.3 is 15.2 Å². The Morgan fingerprint density at radius 3 is 2.74 bits per heavy atom. The maximum atomic E-state index is 11.5. The first-order chi connectivity index (χ1) is 8.99. The van der Waals surface area contributed by atoms with Crippen LogP contribution in [0, 0.1) is 0 Å². The van der Waals surface area contributed by atoms with E-state index in [1.54, 1.807) is 13.8 Å². The number of nitrogen functional groups attached to an aromatic ring is 1. The summed E-state index contributed by atoms with van der Waals surface area (Å²) in [7, 11) is 1.30. The standard InChI is InChI=1S/C11H15N3O4S/c1-4-18-10(16)7-5-13-11(14-8(7)12)19-6(2)9(15)17-3/h5-6H,4H2,1-3H3,(H2,12,13,14)/t6-/m1/s1. The molecule has 19 heavy (non-hydrogen) atoms. The Morgan fingerprint density at radius 2 is 2.21 bits per heavy atom. The van der Waals surface area contributed by atoms with Gasteiger partial charge in [-0.3, -0.25) is 4.79 Å². The van der Waals surface area contributed by atoms with Gasteiger partial charge in [0.05, 0.1) is 13.7 Å². The van der Waals surface area contributed by atoms with Gasteiger partial charge in [-0.2, -0.15) is 0 Å². The van der Waals surface area contributed by atoms with E-state index in [0.717, 1.165) is 11.8 Å². The highest BCUT2D eigenvalue weighted by Crippen LogP contribution is 2.22. The highest BCUT2D eigenvalue weighted by molar-refractivity contribution is 8.00. The topological polar surface area (TPSA) is 104 Å². The van der Waals surface area contributed by atoms with E-state index in [-0.39, 0.29) is 24.0 Å². The summed E-state index contributed by atoms with van der Waals surface area (Å²) in [5.41, 5.74) is 5.76. The number of hydrogen-bond donors (Lipinski definition) is 1. The molecule has 0 spiro atoms. The van der Waals surface area contributed by atoms with Crippen LogP contribution in [0.25, 0.3) is 0 Å². The molecule has 0 radical (unpaired) electrons. The molecule has 1 aromatic heterocycles. The Morgan fingerprint density at radius 1 is 1.53 bits per heavy atom. The second-order valence-electron chi connectivity index (χ2n) is 3.46. The first kappa shape index (κ1) is 15.2. The van der Waals surface area contributed by atoms with Gasteiger partial charge in [-0.25, -0.2) is 14.8 Å². The van der Waals surface area contributed by atoms with Gasteiger partial charge in [0.1, 0.15) is 16.6 Å². The molecule has 0 saturated heterocycles. The summed E-state index contributed by atoms with van der Waals surface area (Å²) in [6, 6.07) is 0. The van der Waals surface area contributed by atoms with Crippen molar-refractivity contribution in [3.05, 3.63) is 11.8 Å². The van der Waals surface area contributed by atoms with Gasteiger partial charge >= 0.3 is 11.9 Å². The Hall–Kier alpha value is -1.83. The zero-order chi connectivity index (χ0) is 14.4. The van der Waals surface area contributed by atoms with E-state index in [2.05, 4.69) is 14.7 Å².